The van der Waals surface area contributed by atoms with Gasteiger partial charge >= 0.3 is 17.9 Å². The van der Waals surface area contributed by atoms with Crippen LogP contribution in [0.3, 0.4) is 0 Å². The molecule has 10 nitrogen and oxygen atoms in total. The first kappa shape index (κ1) is 28.7. The number of rotatable bonds is 8. The molecule has 1 aliphatic heterocycles. The van der Waals surface area contributed by atoms with Crippen LogP contribution in [0.2, 0.25) is 0 Å². The quantitative estimate of drug-likeness (QED) is 0.484. The van der Waals surface area contributed by atoms with Crippen LogP contribution in [-0.4, -0.2) is 120 Å². The summed E-state index contributed by atoms with van der Waals surface area (Å²) >= 11 is 0. The van der Waals surface area contributed by atoms with E-state index < -0.39 is 17.9 Å². The Bertz CT molecular complexity index is 838. The lowest BCUT2D eigenvalue weighted by atomic mass is 9.86. The van der Waals surface area contributed by atoms with Crippen molar-refractivity contribution in [1.29, 1.82) is 0 Å². The van der Waals surface area contributed by atoms with Gasteiger partial charge in [0.05, 0.1) is 32.8 Å². The molecule has 1 aliphatic rings. The van der Waals surface area contributed by atoms with Gasteiger partial charge in [-0.05, 0) is 23.0 Å². The van der Waals surface area contributed by atoms with Crippen LogP contribution in [0.4, 0.5) is 0 Å². The van der Waals surface area contributed by atoms with Gasteiger partial charge in [0.15, 0.2) is 0 Å². The van der Waals surface area contributed by atoms with Crippen LogP contribution in [-0.2, 0) is 31.0 Å². The van der Waals surface area contributed by atoms with Crippen molar-refractivity contribution in [2.24, 2.45) is 0 Å². The number of hydrogen-bond acceptors (Lipinski definition) is 7. The molecule has 0 bridgehead atoms. The van der Waals surface area contributed by atoms with Gasteiger partial charge in [-0.15, -0.1) is 0 Å². The highest BCUT2D eigenvalue weighted by atomic mass is 16.5. The summed E-state index contributed by atoms with van der Waals surface area (Å²) in [6, 6.07) is 7.98. The maximum Gasteiger partial charge on any atom is 0.317 e. The van der Waals surface area contributed by atoms with Crippen LogP contribution >= 0.6 is 0 Å². The standard InChI is InChI=1S/C25H39N3O7/c1-25(2,3)20-6-4-19(5-7-20)14-21-15-27(17-23(31)32)9-8-26(16-22(29)30)10-12-35-13-11-28(21)18-24(33)34/h4-7,21H,8-18H2,1-3H3,(H,29,30)(H,31,32)(H,33,34)/t21-/m0/s1. The maximum absolute atomic E-state index is 11.6. The number of ether oxygens (including phenoxy) is 1. The Morgan fingerprint density at radius 2 is 1.37 bits per heavy atom. The minimum absolute atomic E-state index is 0.0124. The first-order valence-electron chi connectivity index (χ1n) is 12.0. The molecular formula is C25H39N3O7. The molecule has 0 radical (unpaired) electrons. The fraction of sp³-hybridized carbons (Fsp3) is 0.640. The summed E-state index contributed by atoms with van der Waals surface area (Å²) in [5.74, 6) is -2.89. The normalized spacial score (nSPS) is 20.0. The van der Waals surface area contributed by atoms with Gasteiger partial charge in [-0.25, -0.2) is 0 Å². The number of benzene rings is 1. The number of carboxylic acid groups (broad SMARTS) is 3. The summed E-state index contributed by atoms with van der Waals surface area (Å²) in [5.41, 5.74) is 2.24. The molecule has 35 heavy (non-hydrogen) atoms. The largest absolute Gasteiger partial charge is 0.480 e. The number of carbonyl (C=O) groups is 3. The van der Waals surface area contributed by atoms with Crippen molar-refractivity contribution in [3.63, 3.8) is 0 Å². The monoisotopic (exact) mass is 493 g/mol. The van der Waals surface area contributed by atoms with Gasteiger partial charge in [-0.3, -0.25) is 29.1 Å². The molecule has 1 heterocycles. The van der Waals surface area contributed by atoms with Crippen LogP contribution < -0.4 is 0 Å². The Morgan fingerprint density at radius 1 is 0.829 bits per heavy atom. The highest BCUT2D eigenvalue weighted by Crippen LogP contribution is 2.23. The molecule has 1 saturated heterocycles. The molecule has 10 heteroatoms. The lowest BCUT2D eigenvalue weighted by molar-refractivity contribution is -0.141. The minimum atomic E-state index is -0.983. The van der Waals surface area contributed by atoms with Gasteiger partial charge < -0.3 is 20.1 Å². The Hall–Kier alpha value is -2.53. The first-order valence-corrected chi connectivity index (χ1v) is 12.0. The van der Waals surface area contributed by atoms with Gasteiger partial charge in [0.25, 0.3) is 0 Å². The third-order valence-electron chi connectivity index (χ3n) is 6.14. The van der Waals surface area contributed by atoms with E-state index in [1.807, 2.05) is 17.0 Å². The van der Waals surface area contributed by atoms with Crippen LogP contribution in [0.25, 0.3) is 0 Å². The van der Waals surface area contributed by atoms with Crippen molar-refractivity contribution < 1.29 is 34.4 Å². The third kappa shape index (κ3) is 10.7. The van der Waals surface area contributed by atoms with E-state index in [1.54, 1.807) is 9.80 Å². The summed E-state index contributed by atoms with van der Waals surface area (Å²) in [6.45, 7) is 8.31. The van der Waals surface area contributed by atoms with Crippen LogP contribution in [0.5, 0.6) is 0 Å². The summed E-state index contributed by atoms with van der Waals surface area (Å²) in [5, 5.41) is 28.2. The van der Waals surface area contributed by atoms with E-state index in [4.69, 9.17) is 4.74 Å². The average molecular weight is 494 g/mol. The van der Waals surface area contributed by atoms with Crippen molar-refractivity contribution in [2.45, 2.75) is 38.6 Å². The van der Waals surface area contributed by atoms with E-state index in [-0.39, 0.29) is 31.1 Å². The fourth-order valence-electron chi connectivity index (χ4n) is 4.23. The number of nitrogens with zero attached hydrogens (tertiary/aromatic N) is 3. The Labute approximate surface area is 207 Å². The van der Waals surface area contributed by atoms with Crippen LogP contribution in [0.1, 0.15) is 31.9 Å². The van der Waals surface area contributed by atoms with Crippen molar-refractivity contribution in [3.05, 3.63) is 35.4 Å². The Balaban J connectivity index is 2.30. The number of aliphatic carboxylic acids is 3. The summed E-state index contributed by atoms with van der Waals surface area (Å²) < 4.78 is 5.70. The van der Waals surface area contributed by atoms with Crippen LogP contribution in [0, 0.1) is 0 Å². The van der Waals surface area contributed by atoms with E-state index in [9.17, 15) is 29.7 Å². The SMILES string of the molecule is CC(C)(C)c1ccc(C[C@H]2CN(CC(=O)O)CCN(CC(=O)O)CCOCCN2CC(=O)O)cc1. The maximum atomic E-state index is 11.6. The smallest absolute Gasteiger partial charge is 0.317 e. The molecule has 0 aliphatic carbocycles. The molecule has 196 valence electrons. The zero-order valence-electron chi connectivity index (χ0n) is 21.0. The predicted octanol–water partition coefficient (Wildman–Crippen LogP) is 1.09. The molecule has 1 atom stereocenters. The molecule has 0 spiro atoms. The van der Waals surface area contributed by atoms with E-state index in [0.717, 1.165) is 5.56 Å². The van der Waals surface area contributed by atoms with E-state index in [1.165, 1.54) is 5.56 Å². The fourth-order valence-corrected chi connectivity index (χ4v) is 4.23. The zero-order valence-corrected chi connectivity index (χ0v) is 21.0. The first-order chi connectivity index (χ1) is 16.4. The van der Waals surface area contributed by atoms with Gasteiger partial charge in [0, 0.05) is 38.8 Å². The van der Waals surface area contributed by atoms with E-state index in [2.05, 4.69) is 32.9 Å². The molecule has 0 unspecified atom stereocenters. The van der Waals surface area contributed by atoms with E-state index in [0.29, 0.717) is 52.4 Å². The molecule has 0 aromatic heterocycles. The highest BCUT2D eigenvalue weighted by molar-refractivity contribution is 5.70. The second-order valence-electron chi connectivity index (χ2n) is 10.1. The molecule has 3 N–H and O–H groups in total. The Kier molecular flexibility index (Phi) is 11.1. The molecular weight excluding hydrogens is 454 g/mol. The molecule has 0 amide bonds. The zero-order chi connectivity index (χ0) is 26.0. The second-order valence-corrected chi connectivity index (χ2v) is 10.1. The van der Waals surface area contributed by atoms with Crippen molar-refractivity contribution in [3.8, 4) is 0 Å². The second kappa shape index (κ2) is 13.5. The molecule has 2 rings (SSSR count). The summed E-state index contributed by atoms with van der Waals surface area (Å²) in [6.07, 6.45) is 0.548. The molecule has 1 fully saturated rings. The van der Waals surface area contributed by atoms with Gasteiger partial charge in [-0.1, -0.05) is 45.0 Å². The summed E-state index contributed by atoms with van der Waals surface area (Å²) in [7, 11) is 0. The van der Waals surface area contributed by atoms with Crippen molar-refractivity contribution >= 4 is 17.9 Å². The summed E-state index contributed by atoms with van der Waals surface area (Å²) in [4.78, 5) is 39.8. The number of hydrogen-bond donors (Lipinski definition) is 3. The predicted molar refractivity (Wildman–Crippen MR) is 131 cm³/mol. The Morgan fingerprint density at radius 3 is 1.94 bits per heavy atom. The number of carboxylic acids is 3. The van der Waals surface area contributed by atoms with Crippen molar-refractivity contribution in [2.75, 3.05) is 65.6 Å². The minimum Gasteiger partial charge on any atom is -0.480 e. The lowest BCUT2D eigenvalue weighted by Crippen LogP contribution is -2.51. The molecule has 1 aromatic carbocycles. The van der Waals surface area contributed by atoms with E-state index >= 15 is 0 Å². The average Bonchev–Trinajstić information content (AvgIpc) is 2.73. The third-order valence-corrected chi connectivity index (χ3v) is 6.14. The van der Waals surface area contributed by atoms with Gasteiger partial charge in [0.2, 0.25) is 0 Å². The van der Waals surface area contributed by atoms with Crippen LogP contribution in [0.15, 0.2) is 24.3 Å². The molecule has 1 aromatic rings. The topological polar surface area (TPSA) is 131 Å². The molecule has 0 saturated carbocycles. The van der Waals surface area contributed by atoms with Gasteiger partial charge in [0.1, 0.15) is 0 Å². The van der Waals surface area contributed by atoms with Crippen molar-refractivity contribution in [1.82, 2.24) is 14.7 Å². The highest BCUT2D eigenvalue weighted by Gasteiger charge is 2.26. The van der Waals surface area contributed by atoms with Gasteiger partial charge in [-0.2, -0.15) is 0 Å². The lowest BCUT2D eigenvalue weighted by Gasteiger charge is -2.36.